The number of amides is 2. The number of piperazine rings is 1. The van der Waals surface area contributed by atoms with Crippen LogP contribution in [0.2, 0.25) is 0 Å². The standard InChI is InChI=1S/C93H131N17O19/c1-57-17-10-9-11-18-58(2)77(121-7)47-70-25-22-62(6)93(120,129-70)86(117)89(118)109-30-14-12-21-73(109)90(119)127-78(48-74(112)59(3)42-61(5)84(115)85(116)83(114)60(4)41-57)71(94)44-63-23-26-76(79(45-63)122-8)126-55-64-19-16-20-65(43-64)67-49-98-92(99-50-67)107-33-32-106(69(53-107)54-111)51-68-52-108(105-103-68)34-36-124-38-40-125-39-37-123-35-28-80(113)97-29-13-15-31-110-88-81(87(95)100-56-101-88)82(104-110)66-24-27-75-72(46-66)102-91(96)128-75/h9-11,16-20,24,27,42-43,46,49-50,52,56-57,59-60,62-63,69-71,73,76-79,84-85,103,105,111,115-116,120H,12-15,21-23,25-26,28-41,44-45,47-48,51,53-55,94H2,1-8H3,(H2,96,102)(H,97,113)(H2,95,100,101)/b11-9+,17-10+,58-18+,61-42+/t57-,59-,60-,62-,63+,69?,70+,71-,73+,76-,77+,78+,79-,84-,85+,93-/m1/s1. The van der Waals surface area contributed by atoms with Gasteiger partial charge in [-0.25, -0.2) is 29.4 Å². The van der Waals surface area contributed by atoms with Crippen molar-refractivity contribution in [2.45, 2.75) is 218 Å². The zero-order valence-corrected chi connectivity index (χ0v) is 75.5. The molecule has 9 heterocycles. The van der Waals surface area contributed by atoms with Gasteiger partial charge in [-0.05, 0) is 149 Å². The van der Waals surface area contributed by atoms with Crippen molar-refractivity contribution in [2.24, 2.45) is 35.3 Å². The predicted molar refractivity (Wildman–Crippen MR) is 481 cm³/mol. The number of esters is 1. The molecule has 12 rings (SSSR count). The van der Waals surface area contributed by atoms with Crippen LogP contribution in [-0.2, 0) is 79.8 Å². The van der Waals surface area contributed by atoms with Gasteiger partial charge in [0.15, 0.2) is 17.0 Å². The predicted octanol–water partition coefficient (Wildman–Crippen LogP) is 6.70. The van der Waals surface area contributed by atoms with Gasteiger partial charge in [-0.3, -0.25) is 33.9 Å². The van der Waals surface area contributed by atoms with E-state index in [0.717, 1.165) is 51.3 Å². The first-order chi connectivity index (χ1) is 62.2. The number of carbonyl (C=O) groups is 6. The first kappa shape index (κ1) is 98.1. The number of Topliss-reactive ketones (excluding diaryl/α,β-unsaturated/α-hetero) is 3. The highest BCUT2D eigenvalue weighted by atomic mass is 16.6. The minimum Gasteiger partial charge on any atom is -0.459 e. The van der Waals surface area contributed by atoms with Gasteiger partial charge >= 0.3 is 5.97 Å². The number of piperidine rings is 1. The monoisotopic (exact) mass is 1790 g/mol. The van der Waals surface area contributed by atoms with E-state index in [1.54, 1.807) is 58.1 Å². The number of hydrazine groups is 2. The number of nitrogens with two attached hydrogens (primary N) is 3. The Bertz CT molecular complexity index is 4910. The van der Waals surface area contributed by atoms with Gasteiger partial charge in [-0.1, -0.05) is 82.4 Å². The molecule has 2 bridgehead atoms. The minimum absolute atomic E-state index is 0.0141. The van der Waals surface area contributed by atoms with Gasteiger partial charge in [0.25, 0.3) is 17.7 Å². The average Bonchev–Trinajstić information content (AvgIpc) is 0.931. The van der Waals surface area contributed by atoms with E-state index in [9.17, 15) is 49.2 Å². The maximum atomic E-state index is 14.8. The number of carbonyl (C=O) groups excluding carboxylic acids is 6. The first-order valence-corrected chi connectivity index (χ1v) is 45.3. The molecular formula is C93H131N17O19. The average molecular weight is 1790 g/mol. The van der Waals surface area contributed by atoms with E-state index in [0.29, 0.717) is 176 Å². The lowest BCUT2D eigenvalue weighted by molar-refractivity contribution is -0.265. The molecule has 13 N–H and O–H groups in total. The van der Waals surface area contributed by atoms with Gasteiger partial charge in [-0.2, -0.15) is 10.1 Å². The van der Waals surface area contributed by atoms with Crippen molar-refractivity contribution < 1.29 is 91.5 Å². The molecule has 4 fully saturated rings. The largest absolute Gasteiger partial charge is 0.459 e. The molecule has 3 saturated heterocycles. The Morgan fingerprint density at radius 1 is 0.791 bits per heavy atom. The van der Waals surface area contributed by atoms with Gasteiger partial charge < -0.3 is 100 Å². The Morgan fingerprint density at radius 2 is 1.57 bits per heavy atom. The third-order valence-electron chi connectivity index (χ3n) is 25.5. The van der Waals surface area contributed by atoms with E-state index in [4.69, 9.17) is 74.6 Å². The number of nitrogens with zero attached hydrogens (tertiary/aromatic N) is 11. The van der Waals surface area contributed by atoms with Crippen LogP contribution in [0.4, 0.5) is 17.8 Å². The second-order valence-electron chi connectivity index (χ2n) is 35.1. The number of ether oxygens (including phenoxy) is 8. The molecule has 4 aromatic heterocycles. The van der Waals surface area contributed by atoms with Crippen molar-refractivity contribution >= 4 is 75.0 Å². The van der Waals surface area contributed by atoms with E-state index >= 15 is 0 Å². The number of ketones is 3. The molecule has 16 atom stereocenters. The highest BCUT2D eigenvalue weighted by Gasteiger charge is 2.53. The second-order valence-corrected chi connectivity index (χ2v) is 35.1. The molecule has 36 nitrogen and oxygen atoms in total. The number of cyclic esters (lactones) is 1. The highest BCUT2D eigenvalue weighted by Crippen LogP contribution is 2.39. The van der Waals surface area contributed by atoms with Crippen LogP contribution in [0, 0.1) is 29.6 Å². The zero-order valence-electron chi connectivity index (χ0n) is 75.5. The summed E-state index contributed by atoms with van der Waals surface area (Å²) in [5.41, 5.74) is 33.4. The number of aryl methyl sites for hydroxylation is 1. The Balaban J connectivity index is 0.561. The van der Waals surface area contributed by atoms with Crippen molar-refractivity contribution in [3.63, 3.8) is 0 Å². The summed E-state index contributed by atoms with van der Waals surface area (Å²) in [5.74, 6) is -8.27. The zero-order chi connectivity index (χ0) is 91.8. The van der Waals surface area contributed by atoms with Crippen LogP contribution >= 0.6 is 0 Å². The van der Waals surface area contributed by atoms with Gasteiger partial charge in [-0.15, -0.1) is 5.53 Å². The molecule has 1 saturated carbocycles. The summed E-state index contributed by atoms with van der Waals surface area (Å²) >= 11 is 0. The van der Waals surface area contributed by atoms with E-state index in [1.807, 2.05) is 91.8 Å². The van der Waals surface area contributed by atoms with E-state index in [1.165, 1.54) is 19.3 Å². The number of aromatic nitrogens is 7. The summed E-state index contributed by atoms with van der Waals surface area (Å²) in [6, 6.07) is 11.2. The fourth-order valence-electron chi connectivity index (χ4n) is 17.8. The van der Waals surface area contributed by atoms with E-state index < -0.39 is 95.4 Å². The van der Waals surface area contributed by atoms with Crippen molar-refractivity contribution in [3.05, 3.63) is 126 Å². The van der Waals surface area contributed by atoms with Crippen LogP contribution in [0.25, 0.3) is 44.5 Å². The fourth-order valence-corrected chi connectivity index (χ4v) is 17.8. The highest BCUT2D eigenvalue weighted by molar-refractivity contribution is 6.39. The van der Waals surface area contributed by atoms with E-state index in [-0.39, 0.29) is 99.6 Å². The molecule has 1 aliphatic carbocycles. The number of rotatable bonds is 31. The number of hydrogen-bond acceptors (Lipinski definition) is 33. The molecule has 2 aromatic carbocycles. The molecule has 6 aromatic rings. The maximum absolute atomic E-state index is 14.8. The normalized spacial score (nSPS) is 28.2. The summed E-state index contributed by atoms with van der Waals surface area (Å²) in [6.45, 7) is 16.8. The summed E-state index contributed by atoms with van der Waals surface area (Å²) < 4.78 is 55.6. The Labute approximate surface area is 753 Å². The minimum atomic E-state index is -2.50. The number of fused-ring (bicyclic) bond motifs is 5. The Hall–Kier alpha value is -9.90. The van der Waals surface area contributed by atoms with Crippen molar-refractivity contribution in [1.82, 2.24) is 65.8 Å². The fraction of sp³-hybridized carbons (Fsp3) is 0.591. The quantitative estimate of drug-likeness (QED) is 0.00936. The molecule has 129 heavy (non-hydrogen) atoms. The molecule has 36 heteroatoms. The van der Waals surface area contributed by atoms with Crippen molar-refractivity contribution in [3.8, 4) is 22.4 Å². The maximum Gasteiger partial charge on any atom is 0.329 e. The molecule has 0 radical (unpaired) electrons. The molecule has 2 amide bonds. The van der Waals surface area contributed by atoms with Crippen LogP contribution in [0.3, 0.4) is 0 Å². The van der Waals surface area contributed by atoms with Crippen molar-refractivity contribution in [2.75, 3.05) is 123 Å². The summed E-state index contributed by atoms with van der Waals surface area (Å²) in [6.07, 6.45) is 17.5. The number of aliphatic hydroxyl groups excluding tert-OH is 3. The first-order valence-electron chi connectivity index (χ1n) is 45.3. The summed E-state index contributed by atoms with van der Waals surface area (Å²) in [7, 11) is 3.19. The topological polar surface area (TPSA) is 480 Å². The SMILES string of the molecule is CO[C@H]1C[C@@H]2CC[C@@H](C)[C@@](O)(O2)C(=O)C(=O)N2CCCC[C@H]2C(=O)O[C@H]([C@H](N)C[C@@H]2CC[C@@H](OCc3cccc(-c4cnc(N5CCN(CC6=CN(CCOCCOCCOCCC(=O)NCCCCn7nc(-c8ccc9oc(N)nc9c8)c8c(N)ncnc87)NN6)C(CO)C5)nc4)c3)[C@H](OC)C2)CC(=O)[C@H](C)/C=C(\C)[C@@H](O)[C@@H](O)C(=O)[C@H](C)C[C@H](C)/C=C/C=C/C=C/1C. The smallest absolute Gasteiger partial charge is 0.329 e. The van der Waals surface area contributed by atoms with Crippen LogP contribution in [0.1, 0.15) is 143 Å². The number of allylic oxidation sites excluding steroid dienone is 6. The number of hydrogen-bond donors (Lipinski definition) is 10. The second kappa shape index (κ2) is 47.3. The lowest BCUT2D eigenvalue weighted by Gasteiger charge is -2.42. The molecular weight excluding hydrogens is 1660 g/mol. The number of anilines is 3. The lowest BCUT2D eigenvalue weighted by Crippen LogP contribution is -2.61. The Morgan fingerprint density at radius 3 is 2.35 bits per heavy atom. The molecule has 702 valence electrons. The number of oxazole rings is 1. The van der Waals surface area contributed by atoms with E-state index in [2.05, 4.69) is 41.0 Å². The van der Waals surface area contributed by atoms with Crippen LogP contribution in [0.5, 0.6) is 0 Å². The van der Waals surface area contributed by atoms with Gasteiger partial charge in [0, 0.05) is 133 Å². The molecule has 6 aliphatic rings. The van der Waals surface area contributed by atoms with Crippen LogP contribution in [-0.4, -0.2) is 278 Å². The summed E-state index contributed by atoms with van der Waals surface area (Å²) in [4.78, 5) is 113. The number of nitrogens with one attached hydrogen (secondary N) is 3. The van der Waals surface area contributed by atoms with Gasteiger partial charge in [0.1, 0.15) is 53.5 Å². The molecule has 5 aliphatic heterocycles. The van der Waals surface area contributed by atoms with Gasteiger partial charge in [0.2, 0.25) is 17.6 Å². The Kier molecular flexibility index (Phi) is 36.0. The number of nitrogen functional groups attached to an aromatic ring is 2. The third-order valence-corrected chi connectivity index (χ3v) is 25.5. The number of unbranched alkanes of at least 4 members (excludes halogenated alkanes) is 1. The summed E-state index contributed by atoms with van der Waals surface area (Å²) in [5, 5.41) is 55.8. The van der Waals surface area contributed by atoms with Crippen LogP contribution in [0.15, 0.2) is 125 Å². The number of benzene rings is 2. The third kappa shape index (κ3) is 26.3. The van der Waals surface area contributed by atoms with Crippen LogP contribution < -0.4 is 38.4 Å². The van der Waals surface area contributed by atoms with Crippen molar-refractivity contribution in [1.29, 1.82) is 0 Å². The molecule has 0 spiro atoms. The van der Waals surface area contributed by atoms with Gasteiger partial charge in [0.05, 0.1) is 101 Å². The lowest BCUT2D eigenvalue weighted by atomic mass is 9.80. The number of aliphatic hydroxyl groups is 4. The number of methoxy groups -OCH3 is 2. The molecule has 1 unspecified atom stereocenters.